The van der Waals surface area contributed by atoms with Gasteiger partial charge in [0.15, 0.2) is 0 Å². The maximum atomic E-state index is 11.0. The molecule has 0 aliphatic carbocycles. The van der Waals surface area contributed by atoms with Gasteiger partial charge in [-0.1, -0.05) is 19.3 Å². The highest BCUT2D eigenvalue weighted by molar-refractivity contribution is 5.92. The predicted octanol–water partition coefficient (Wildman–Crippen LogP) is 2.41. The lowest BCUT2D eigenvalue weighted by Crippen LogP contribution is -2.11. The number of hydrogen-bond acceptors (Lipinski definition) is 4. The van der Waals surface area contributed by atoms with Gasteiger partial charge < -0.3 is 11.5 Å². The summed E-state index contributed by atoms with van der Waals surface area (Å²) in [5.74, 6) is -0.893. The van der Waals surface area contributed by atoms with E-state index in [0.717, 1.165) is 49.9 Å². The van der Waals surface area contributed by atoms with Gasteiger partial charge >= 0.3 is 0 Å². The minimum Gasteiger partial charge on any atom is -0.366 e. The maximum absolute atomic E-state index is 11.0. The Morgan fingerprint density at radius 2 is 1.08 bits per heavy atom. The summed E-state index contributed by atoms with van der Waals surface area (Å²) in [5, 5.41) is 0. The van der Waals surface area contributed by atoms with E-state index >= 15 is 0 Å². The lowest BCUT2D eigenvalue weighted by molar-refractivity contribution is 0.0991. The summed E-state index contributed by atoms with van der Waals surface area (Å²) in [4.78, 5) is 30.5. The summed E-state index contributed by atoms with van der Waals surface area (Å²) in [6, 6.07) is 7.17. The zero-order valence-electron chi connectivity index (χ0n) is 14.3. The van der Waals surface area contributed by atoms with Crippen molar-refractivity contribution in [1.29, 1.82) is 0 Å². The van der Waals surface area contributed by atoms with E-state index < -0.39 is 11.8 Å². The molecule has 0 saturated heterocycles. The minimum absolute atomic E-state index is 0.446. The van der Waals surface area contributed by atoms with Crippen LogP contribution in [0.15, 0.2) is 36.7 Å². The van der Waals surface area contributed by atoms with Crippen molar-refractivity contribution in [1.82, 2.24) is 9.97 Å². The van der Waals surface area contributed by atoms with Gasteiger partial charge in [0.25, 0.3) is 0 Å². The molecular weight excluding hydrogens is 316 g/mol. The van der Waals surface area contributed by atoms with Crippen LogP contribution in [-0.2, 0) is 12.8 Å². The average molecular weight is 340 g/mol. The summed E-state index contributed by atoms with van der Waals surface area (Å²) in [6.07, 6.45) is 10.5. The highest BCUT2D eigenvalue weighted by Gasteiger charge is 2.02. The number of unbranched alkanes of at least 4 members (excludes halogenated alkanes) is 4. The van der Waals surface area contributed by atoms with Crippen molar-refractivity contribution in [2.24, 2.45) is 11.5 Å². The standard InChI is InChI=1S/C19H24N4O2/c20-18(24)14-8-10-16(22-12-14)6-4-2-1-3-5-7-17-11-9-15(13-23-17)19(21)25/h8-13H,1-7H2,(H2,20,24)(H2,21,25). The van der Waals surface area contributed by atoms with E-state index in [2.05, 4.69) is 9.97 Å². The number of aryl methyl sites for hydroxylation is 2. The van der Waals surface area contributed by atoms with Gasteiger partial charge in [-0.25, -0.2) is 0 Å². The number of carbonyl (C=O) groups is 2. The molecule has 2 rings (SSSR count). The summed E-state index contributed by atoms with van der Waals surface area (Å²) in [7, 11) is 0. The Morgan fingerprint density at radius 1 is 0.680 bits per heavy atom. The molecule has 2 aromatic rings. The zero-order valence-corrected chi connectivity index (χ0v) is 14.3. The third-order valence-electron chi connectivity index (χ3n) is 4.08. The fourth-order valence-electron chi connectivity index (χ4n) is 2.58. The van der Waals surface area contributed by atoms with Crippen LogP contribution in [0, 0.1) is 0 Å². The van der Waals surface area contributed by atoms with Gasteiger partial charge in [-0.3, -0.25) is 19.6 Å². The van der Waals surface area contributed by atoms with E-state index in [-0.39, 0.29) is 0 Å². The Labute approximate surface area is 147 Å². The number of primary amides is 2. The van der Waals surface area contributed by atoms with Crippen molar-refractivity contribution in [3.8, 4) is 0 Å². The van der Waals surface area contributed by atoms with E-state index in [4.69, 9.17) is 11.5 Å². The molecule has 2 heterocycles. The second-order valence-corrected chi connectivity index (χ2v) is 6.07. The second kappa shape index (κ2) is 9.52. The van der Waals surface area contributed by atoms with Crippen LogP contribution in [0.1, 0.15) is 64.2 Å². The second-order valence-electron chi connectivity index (χ2n) is 6.07. The number of aromatic nitrogens is 2. The van der Waals surface area contributed by atoms with Gasteiger partial charge in [0.05, 0.1) is 11.1 Å². The van der Waals surface area contributed by atoms with Crippen LogP contribution in [0.5, 0.6) is 0 Å². The van der Waals surface area contributed by atoms with Crippen LogP contribution in [0.3, 0.4) is 0 Å². The van der Waals surface area contributed by atoms with E-state index in [1.807, 2.05) is 12.1 Å². The number of rotatable bonds is 10. The molecule has 0 radical (unpaired) electrons. The molecule has 0 spiro atoms. The van der Waals surface area contributed by atoms with Gasteiger partial charge in [0, 0.05) is 23.8 Å². The van der Waals surface area contributed by atoms with Crippen LogP contribution >= 0.6 is 0 Å². The first kappa shape index (κ1) is 18.6. The van der Waals surface area contributed by atoms with E-state index in [9.17, 15) is 9.59 Å². The van der Waals surface area contributed by atoms with Gasteiger partial charge in [-0.05, 0) is 49.9 Å². The first-order chi connectivity index (χ1) is 12.1. The Morgan fingerprint density at radius 3 is 1.40 bits per heavy atom. The Balaban J connectivity index is 1.57. The monoisotopic (exact) mass is 340 g/mol. The highest BCUT2D eigenvalue weighted by atomic mass is 16.1. The maximum Gasteiger partial charge on any atom is 0.250 e. The van der Waals surface area contributed by atoms with Crippen molar-refractivity contribution < 1.29 is 9.59 Å². The molecule has 0 saturated carbocycles. The third kappa shape index (κ3) is 6.33. The van der Waals surface area contributed by atoms with Crippen LogP contribution in [0.25, 0.3) is 0 Å². The SMILES string of the molecule is NC(=O)c1ccc(CCCCCCCc2ccc(C(N)=O)cn2)nc1. The molecular formula is C19H24N4O2. The summed E-state index contributed by atoms with van der Waals surface area (Å²) in [6.45, 7) is 0. The lowest BCUT2D eigenvalue weighted by atomic mass is 10.1. The molecule has 4 N–H and O–H groups in total. The average Bonchev–Trinajstić information content (AvgIpc) is 2.61. The topological polar surface area (TPSA) is 112 Å². The van der Waals surface area contributed by atoms with Crippen molar-refractivity contribution in [3.05, 3.63) is 59.2 Å². The summed E-state index contributed by atoms with van der Waals surface area (Å²) < 4.78 is 0. The molecule has 6 heteroatoms. The van der Waals surface area contributed by atoms with Crippen molar-refractivity contribution in [2.75, 3.05) is 0 Å². The van der Waals surface area contributed by atoms with E-state index in [1.54, 1.807) is 12.1 Å². The molecule has 6 nitrogen and oxygen atoms in total. The quantitative estimate of drug-likeness (QED) is 0.647. The largest absolute Gasteiger partial charge is 0.366 e. The molecule has 25 heavy (non-hydrogen) atoms. The summed E-state index contributed by atoms with van der Waals surface area (Å²) in [5.41, 5.74) is 13.3. The van der Waals surface area contributed by atoms with Gasteiger partial charge in [-0.2, -0.15) is 0 Å². The molecule has 2 aromatic heterocycles. The zero-order chi connectivity index (χ0) is 18.1. The lowest BCUT2D eigenvalue weighted by Gasteiger charge is -2.03. The van der Waals surface area contributed by atoms with Gasteiger partial charge in [0.1, 0.15) is 0 Å². The minimum atomic E-state index is -0.446. The van der Waals surface area contributed by atoms with Crippen LogP contribution < -0.4 is 11.5 Å². The summed E-state index contributed by atoms with van der Waals surface area (Å²) >= 11 is 0. The normalized spacial score (nSPS) is 10.6. The molecule has 0 bridgehead atoms. The fourth-order valence-corrected chi connectivity index (χ4v) is 2.58. The number of nitrogens with two attached hydrogens (primary N) is 2. The first-order valence-electron chi connectivity index (χ1n) is 8.56. The number of pyridine rings is 2. The molecule has 0 aromatic carbocycles. The molecule has 0 unspecified atom stereocenters. The van der Waals surface area contributed by atoms with E-state index in [1.165, 1.54) is 18.8 Å². The fraction of sp³-hybridized carbons (Fsp3) is 0.368. The highest BCUT2D eigenvalue weighted by Crippen LogP contribution is 2.10. The van der Waals surface area contributed by atoms with Gasteiger partial charge in [0.2, 0.25) is 11.8 Å². The molecule has 0 fully saturated rings. The smallest absolute Gasteiger partial charge is 0.250 e. The molecule has 132 valence electrons. The Hall–Kier alpha value is -2.76. The molecule has 0 atom stereocenters. The van der Waals surface area contributed by atoms with Crippen LogP contribution in [0.2, 0.25) is 0 Å². The Kier molecular flexibility index (Phi) is 7.07. The number of nitrogens with zero attached hydrogens (tertiary/aromatic N) is 2. The van der Waals surface area contributed by atoms with Crippen molar-refractivity contribution in [2.45, 2.75) is 44.9 Å². The molecule has 2 amide bonds. The number of hydrogen-bond donors (Lipinski definition) is 2. The predicted molar refractivity (Wildman–Crippen MR) is 96.0 cm³/mol. The van der Waals surface area contributed by atoms with Crippen molar-refractivity contribution in [3.63, 3.8) is 0 Å². The first-order valence-corrected chi connectivity index (χ1v) is 8.56. The van der Waals surface area contributed by atoms with E-state index in [0.29, 0.717) is 11.1 Å². The molecule has 0 aliphatic heterocycles. The van der Waals surface area contributed by atoms with Crippen LogP contribution in [-0.4, -0.2) is 21.8 Å². The number of carbonyl (C=O) groups excluding carboxylic acids is 2. The third-order valence-corrected chi connectivity index (χ3v) is 4.08. The van der Waals surface area contributed by atoms with Crippen molar-refractivity contribution >= 4 is 11.8 Å². The van der Waals surface area contributed by atoms with Crippen LogP contribution in [0.4, 0.5) is 0 Å². The Bertz CT molecular complexity index is 635. The molecule has 0 aliphatic rings. The number of amides is 2. The van der Waals surface area contributed by atoms with Gasteiger partial charge in [-0.15, -0.1) is 0 Å².